The molecular weight excluding hydrogens is 285 g/mol. The molecule has 0 aromatic heterocycles. The third-order valence-electron chi connectivity index (χ3n) is 4.61. The summed E-state index contributed by atoms with van der Waals surface area (Å²) in [6, 6.07) is 5.40. The van der Waals surface area contributed by atoms with Crippen LogP contribution in [0.5, 0.6) is 0 Å². The quantitative estimate of drug-likeness (QED) is 0.813. The average Bonchev–Trinajstić information content (AvgIpc) is 3.35. The molecule has 2 N–H and O–H groups in total. The van der Waals surface area contributed by atoms with Crippen LogP contribution in [0.1, 0.15) is 37.2 Å². The van der Waals surface area contributed by atoms with Crippen LogP contribution in [0.4, 0.5) is 4.39 Å². The SMILES string of the molecule is O=C(O)C(CNC(=O)C(C1CC1)C1CC1)c1ccc(F)cc1. The molecule has 2 aliphatic carbocycles. The predicted molar refractivity (Wildman–Crippen MR) is 78.7 cm³/mol. The van der Waals surface area contributed by atoms with Crippen molar-refractivity contribution in [1.29, 1.82) is 0 Å². The van der Waals surface area contributed by atoms with Crippen LogP contribution in [0.3, 0.4) is 0 Å². The molecule has 4 nitrogen and oxygen atoms in total. The van der Waals surface area contributed by atoms with Crippen molar-refractivity contribution in [1.82, 2.24) is 5.32 Å². The van der Waals surface area contributed by atoms with Crippen molar-refractivity contribution < 1.29 is 19.1 Å². The van der Waals surface area contributed by atoms with E-state index in [0.717, 1.165) is 25.7 Å². The van der Waals surface area contributed by atoms with Crippen LogP contribution in [-0.4, -0.2) is 23.5 Å². The third-order valence-corrected chi connectivity index (χ3v) is 4.61. The highest BCUT2D eigenvalue weighted by molar-refractivity contribution is 5.82. The molecule has 1 unspecified atom stereocenters. The lowest BCUT2D eigenvalue weighted by atomic mass is 9.95. The van der Waals surface area contributed by atoms with Crippen LogP contribution in [0.15, 0.2) is 24.3 Å². The molecule has 1 amide bonds. The minimum absolute atomic E-state index is 0.0154. The third kappa shape index (κ3) is 3.46. The summed E-state index contributed by atoms with van der Waals surface area (Å²) in [5, 5.41) is 12.2. The van der Waals surface area contributed by atoms with E-state index in [0.29, 0.717) is 17.4 Å². The van der Waals surface area contributed by atoms with Crippen LogP contribution in [0.25, 0.3) is 0 Å². The summed E-state index contributed by atoms with van der Waals surface area (Å²) in [6.45, 7) is 0.0513. The number of nitrogens with one attached hydrogen (secondary N) is 1. The Bertz CT molecular complexity index is 552. The molecular formula is C17H20FNO3. The molecule has 2 fully saturated rings. The van der Waals surface area contributed by atoms with Gasteiger partial charge in [0.1, 0.15) is 5.82 Å². The average molecular weight is 305 g/mol. The van der Waals surface area contributed by atoms with Gasteiger partial charge >= 0.3 is 5.97 Å². The van der Waals surface area contributed by atoms with Gasteiger partial charge in [-0.3, -0.25) is 9.59 Å². The lowest BCUT2D eigenvalue weighted by molar-refractivity contribution is -0.138. The van der Waals surface area contributed by atoms with Crippen molar-refractivity contribution in [3.8, 4) is 0 Å². The Labute approximate surface area is 128 Å². The largest absolute Gasteiger partial charge is 0.481 e. The van der Waals surface area contributed by atoms with Crippen LogP contribution >= 0.6 is 0 Å². The van der Waals surface area contributed by atoms with Crippen molar-refractivity contribution in [3.63, 3.8) is 0 Å². The second kappa shape index (κ2) is 6.07. The Kier molecular flexibility index (Phi) is 4.14. The van der Waals surface area contributed by atoms with Gasteiger partial charge < -0.3 is 10.4 Å². The van der Waals surface area contributed by atoms with E-state index >= 15 is 0 Å². The second-order valence-electron chi connectivity index (χ2n) is 6.39. The van der Waals surface area contributed by atoms with Crippen LogP contribution < -0.4 is 5.32 Å². The van der Waals surface area contributed by atoms with E-state index in [1.54, 1.807) is 0 Å². The van der Waals surface area contributed by atoms with Gasteiger partial charge in [0, 0.05) is 12.5 Å². The lowest BCUT2D eigenvalue weighted by Gasteiger charge is -2.18. The summed E-state index contributed by atoms with van der Waals surface area (Å²) in [4.78, 5) is 23.8. The molecule has 0 bridgehead atoms. The van der Waals surface area contributed by atoms with Crippen molar-refractivity contribution in [2.75, 3.05) is 6.54 Å². The van der Waals surface area contributed by atoms with Crippen molar-refractivity contribution >= 4 is 11.9 Å². The van der Waals surface area contributed by atoms with Gasteiger partial charge in [-0.2, -0.15) is 0 Å². The van der Waals surface area contributed by atoms with E-state index in [9.17, 15) is 19.1 Å². The zero-order chi connectivity index (χ0) is 15.7. The summed E-state index contributed by atoms with van der Waals surface area (Å²) in [5.41, 5.74) is 0.503. The summed E-state index contributed by atoms with van der Waals surface area (Å²) in [5.74, 6) is -1.24. The minimum Gasteiger partial charge on any atom is -0.481 e. The molecule has 22 heavy (non-hydrogen) atoms. The number of rotatable bonds is 7. The van der Waals surface area contributed by atoms with Crippen molar-refractivity contribution in [2.45, 2.75) is 31.6 Å². The van der Waals surface area contributed by atoms with E-state index in [2.05, 4.69) is 5.32 Å². The summed E-state index contributed by atoms with van der Waals surface area (Å²) in [7, 11) is 0. The van der Waals surface area contributed by atoms with Gasteiger partial charge in [-0.15, -0.1) is 0 Å². The Morgan fingerprint density at radius 1 is 1.14 bits per heavy atom. The molecule has 1 aromatic carbocycles. The predicted octanol–water partition coefficient (Wildman–Crippen LogP) is 2.55. The topological polar surface area (TPSA) is 66.4 Å². The maximum atomic E-state index is 12.9. The fraction of sp³-hybridized carbons (Fsp3) is 0.529. The number of carbonyl (C=O) groups excluding carboxylic acids is 1. The first-order valence-corrected chi connectivity index (χ1v) is 7.82. The van der Waals surface area contributed by atoms with Gasteiger partial charge in [-0.05, 0) is 55.2 Å². The lowest BCUT2D eigenvalue weighted by Crippen LogP contribution is -2.37. The smallest absolute Gasteiger partial charge is 0.312 e. The Hall–Kier alpha value is -1.91. The molecule has 0 aliphatic heterocycles. The number of carboxylic acid groups (broad SMARTS) is 1. The second-order valence-corrected chi connectivity index (χ2v) is 6.39. The maximum absolute atomic E-state index is 12.9. The van der Waals surface area contributed by atoms with Crippen LogP contribution in [0, 0.1) is 23.6 Å². The molecule has 5 heteroatoms. The van der Waals surface area contributed by atoms with Crippen LogP contribution in [0.2, 0.25) is 0 Å². The van der Waals surface area contributed by atoms with Gasteiger partial charge in [0.25, 0.3) is 0 Å². The number of hydrogen-bond donors (Lipinski definition) is 2. The monoisotopic (exact) mass is 305 g/mol. The Morgan fingerprint density at radius 3 is 2.14 bits per heavy atom. The molecule has 0 heterocycles. The van der Waals surface area contributed by atoms with Gasteiger partial charge in [-0.25, -0.2) is 4.39 Å². The van der Waals surface area contributed by atoms with E-state index < -0.39 is 17.7 Å². The van der Waals surface area contributed by atoms with E-state index in [4.69, 9.17) is 0 Å². The van der Waals surface area contributed by atoms with Gasteiger partial charge in [0.2, 0.25) is 5.91 Å². The number of carboxylic acids is 1. The fourth-order valence-corrected chi connectivity index (χ4v) is 3.09. The van der Waals surface area contributed by atoms with Gasteiger partial charge in [-0.1, -0.05) is 12.1 Å². The first-order chi connectivity index (χ1) is 10.6. The summed E-state index contributed by atoms with van der Waals surface area (Å²) >= 11 is 0. The van der Waals surface area contributed by atoms with Crippen LogP contribution in [-0.2, 0) is 9.59 Å². The Morgan fingerprint density at radius 2 is 1.68 bits per heavy atom. The highest BCUT2D eigenvalue weighted by Gasteiger charge is 2.45. The molecule has 118 valence electrons. The van der Waals surface area contributed by atoms with Gasteiger partial charge in [0.15, 0.2) is 0 Å². The summed E-state index contributed by atoms with van der Waals surface area (Å²) in [6.07, 6.45) is 4.42. The molecule has 3 rings (SSSR count). The number of hydrogen-bond acceptors (Lipinski definition) is 2. The Balaban J connectivity index is 1.62. The number of benzene rings is 1. The molecule has 2 aliphatic rings. The molecule has 0 radical (unpaired) electrons. The number of carbonyl (C=O) groups is 2. The van der Waals surface area contributed by atoms with Crippen molar-refractivity contribution in [2.24, 2.45) is 17.8 Å². The number of aliphatic carboxylic acids is 1. The maximum Gasteiger partial charge on any atom is 0.312 e. The van der Waals surface area contributed by atoms with E-state index in [-0.39, 0.29) is 18.4 Å². The van der Waals surface area contributed by atoms with Gasteiger partial charge in [0.05, 0.1) is 5.92 Å². The fourth-order valence-electron chi connectivity index (χ4n) is 3.09. The number of amides is 1. The molecule has 1 aromatic rings. The molecule has 2 saturated carbocycles. The van der Waals surface area contributed by atoms with E-state index in [1.807, 2.05) is 0 Å². The molecule has 0 spiro atoms. The molecule has 1 atom stereocenters. The zero-order valence-corrected chi connectivity index (χ0v) is 12.3. The first kappa shape index (κ1) is 15.0. The first-order valence-electron chi connectivity index (χ1n) is 7.82. The molecule has 0 saturated heterocycles. The minimum atomic E-state index is -1.01. The van der Waals surface area contributed by atoms with E-state index in [1.165, 1.54) is 24.3 Å². The highest BCUT2D eigenvalue weighted by atomic mass is 19.1. The highest BCUT2D eigenvalue weighted by Crippen LogP contribution is 2.49. The standard InChI is InChI=1S/C17H20FNO3/c18-13-7-5-10(6-8-13)14(17(21)22)9-19-16(20)15(11-1-2-11)12-3-4-12/h5-8,11-12,14-15H,1-4,9H2,(H,19,20)(H,21,22). The normalized spacial score (nSPS) is 19.0. The van der Waals surface area contributed by atoms with Crippen molar-refractivity contribution in [3.05, 3.63) is 35.6 Å². The zero-order valence-electron chi connectivity index (χ0n) is 12.3. The number of halogens is 1. The summed E-state index contributed by atoms with van der Waals surface area (Å²) < 4.78 is 12.9.